The molecule has 3 N–H and O–H groups in total. The lowest BCUT2D eigenvalue weighted by molar-refractivity contribution is 0.556. The normalized spacial score (nSPS) is 12.8. The molecule has 1 atom stereocenters. The Balaban J connectivity index is 1.07. The van der Waals surface area contributed by atoms with E-state index >= 15 is 0 Å². The predicted molar refractivity (Wildman–Crippen MR) is 217 cm³/mol. The third-order valence-corrected chi connectivity index (χ3v) is 16.1. The molecular weight excluding hydrogens is 677 g/mol. The molecule has 242 valence electrons. The Morgan fingerprint density at radius 1 is 0.565 bits per heavy atom. The molecule has 7 rings (SSSR count). The molecule has 0 saturated carbocycles. The van der Waals surface area contributed by atoms with Crippen LogP contribution in [0.3, 0.4) is 0 Å². The van der Waals surface area contributed by atoms with E-state index in [4.69, 9.17) is 5.73 Å². The number of hydrogen-bond donors (Lipinski definition) is 2. The number of benzene rings is 1. The third kappa shape index (κ3) is 7.14. The molecule has 7 aromatic rings. The van der Waals surface area contributed by atoms with E-state index in [1.165, 1.54) is 140 Å². The van der Waals surface area contributed by atoms with Crippen LogP contribution in [0.25, 0.3) is 58.5 Å². The van der Waals surface area contributed by atoms with Gasteiger partial charge < -0.3 is 11.1 Å². The highest BCUT2D eigenvalue weighted by Gasteiger charge is 2.18. The molecule has 0 spiro atoms. The van der Waals surface area contributed by atoms with E-state index in [9.17, 15) is 0 Å². The van der Waals surface area contributed by atoms with Crippen LogP contribution in [-0.2, 0) is 0 Å². The molecule has 1 unspecified atom stereocenters. The van der Waals surface area contributed by atoms with E-state index in [1.807, 2.05) is 68.0 Å². The fourth-order valence-electron chi connectivity index (χ4n) is 6.35. The van der Waals surface area contributed by atoms with Gasteiger partial charge in [0.2, 0.25) is 0 Å². The highest BCUT2D eigenvalue weighted by atomic mass is 32.1. The summed E-state index contributed by atoms with van der Waals surface area (Å²) in [6.45, 7) is 5.63. The topological polar surface area (TPSA) is 38.0 Å². The lowest BCUT2D eigenvalue weighted by Gasteiger charge is -2.09. The molecule has 0 radical (unpaired) electrons. The molecule has 46 heavy (non-hydrogen) atoms. The molecule has 1 aromatic carbocycles. The summed E-state index contributed by atoms with van der Waals surface area (Å²) in [7, 11) is 0. The van der Waals surface area contributed by atoms with Gasteiger partial charge in [0.05, 0.1) is 9.40 Å². The van der Waals surface area contributed by atoms with Gasteiger partial charge in [-0.2, -0.15) is 0 Å². The summed E-state index contributed by atoms with van der Waals surface area (Å²) in [4.78, 5) is 5.50. The van der Waals surface area contributed by atoms with E-state index in [2.05, 4.69) is 66.3 Å². The summed E-state index contributed by atoms with van der Waals surface area (Å²) < 4.78 is 8.51. The monoisotopic (exact) mass is 720 g/mol. The van der Waals surface area contributed by atoms with Gasteiger partial charge in [-0.05, 0) is 60.2 Å². The quantitative estimate of drug-likeness (QED) is 0.0919. The van der Waals surface area contributed by atoms with Crippen LogP contribution >= 0.6 is 68.0 Å². The fraction of sp³-hybridized carbons (Fsp3) is 0.421. The van der Waals surface area contributed by atoms with E-state index in [0.717, 1.165) is 13.0 Å². The molecular formula is C38H44N2S6. The number of nitrogens with one attached hydrogen (secondary N) is 1. The molecule has 2 nitrogen and oxygen atoms in total. The number of anilines is 1. The summed E-state index contributed by atoms with van der Waals surface area (Å²) in [5.41, 5.74) is 9.19. The highest BCUT2D eigenvalue weighted by molar-refractivity contribution is 7.36. The van der Waals surface area contributed by atoms with Gasteiger partial charge in [0.15, 0.2) is 0 Å². The summed E-state index contributed by atoms with van der Waals surface area (Å²) in [6.07, 6.45) is 15.6. The lowest BCUT2D eigenvalue weighted by atomic mass is 10.0. The lowest BCUT2D eigenvalue weighted by Crippen LogP contribution is -2.08. The number of nitrogens with two attached hydrogens (primary N) is 1. The number of hydrogen-bond acceptors (Lipinski definition) is 8. The van der Waals surface area contributed by atoms with Crippen LogP contribution in [0.15, 0.2) is 47.2 Å². The summed E-state index contributed by atoms with van der Waals surface area (Å²) >= 11 is 11.5. The largest absolute Gasteiger partial charge is 0.384 e. The van der Waals surface area contributed by atoms with Gasteiger partial charge in [-0.1, -0.05) is 78.1 Å². The van der Waals surface area contributed by atoms with Crippen LogP contribution in [0, 0.1) is 0 Å². The van der Waals surface area contributed by atoms with E-state index < -0.39 is 0 Å². The zero-order chi connectivity index (χ0) is 31.5. The van der Waals surface area contributed by atoms with Crippen LogP contribution in [0.1, 0.15) is 103 Å². The van der Waals surface area contributed by atoms with Crippen LogP contribution < -0.4 is 11.1 Å². The van der Waals surface area contributed by atoms with Crippen molar-refractivity contribution in [2.45, 2.75) is 96.9 Å². The van der Waals surface area contributed by atoms with Crippen LogP contribution in [0.5, 0.6) is 0 Å². The maximum absolute atomic E-state index is 6.61. The minimum absolute atomic E-state index is 0.153. The van der Waals surface area contributed by atoms with E-state index in [0.29, 0.717) is 0 Å². The second-order valence-corrected chi connectivity index (χ2v) is 18.7. The zero-order valence-corrected chi connectivity index (χ0v) is 31.8. The Bertz CT molecular complexity index is 2030. The molecule has 0 aliphatic heterocycles. The molecule has 0 aliphatic rings. The van der Waals surface area contributed by atoms with Crippen molar-refractivity contribution in [2.24, 2.45) is 5.73 Å². The van der Waals surface area contributed by atoms with Gasteiger partial charge in [0.1, 0.15) is 0 Å². The minimum Gasteiger partial charge on any atom is -0.384 e. The Morgan fingerprint density at radius 2 is 1.15 bits per heavy atom. The van der Waals surface area contributed by atoms with Crippen molar-refractivity contribution in [1.29, 1.82) is 0 Å². The third-order valence-electron chi connectivity index (χ3n) is 9.02. The van der Waals surface area contributed by atoms with Crippen molar-refractivity contribution in [3.8, 4) is 19.5 Å². The number of rotatable bonds is 17. The first-order valence-corrected chi connectivity index (χ1v) is 22.1. The maximum Gasteiger partial charge on any atom is 0.0536 e. The first kappa shape index (κ1) is 32.8. The number of thiophene rings is 6. The predicted octanol–water partition coefficient (Wildman–Crippen LogP) is 15.1. The highest BCUT2D eigenvalue weighted by Crippen LogP contribution is 2.49. The van der Waals surface area contributed by atoms with Gasteiger partial charge in [-0.15, -0.1) is 68.0 Å². The first-order chi connectivity index (χ1) is 22.6. The molecule has 6 aromatic heterocycles. The second-order valence-electron chi connectivity index (χ2n) is 12.6. The molecule has 0 saturated heterocycles. The van der Waals surface area contributed by atoms with Gasteiger partial charge in [-0.25, -0.2) is 0 Å². The average Bonchev–Trinajstić information content (AvgIpc) is 3.89. The van der Waals surface area contributed by atoms with Gasteiger partial charge in [-0.3, -0.25) is 0 Å². The van der Waals surface area contributed by atoms with Crippen molar-refractivity contribution < 1.29 is 0 Å². The van der Waals surface area contributed by atoms with E-state index in [-0.39, 0.29) is 6.04 Å². The van der Waals surface area contributed by atoms with Crippen molar-refractivity contribution in [3.05, 3.63) is 52.7 Å². The average molecular weight is 721 g/mol. The van der Waals surface area contributed by atoms with Crippen LogP contribution in [-0.4, -0.2) is 6.54 Å². The Kier molecular flexibility index (Phi) is 10.8. The second kappa shape index (κ2) is 15.2. The van der Waals surface area contributed by atoms with Crippen molar-refractivity contribution >= 4 is 113 Å². The van der Waals surface area contributed by atoms with Gasteiger partial charge in [0, 0.05) is 72.7 Å². The van der Waals surface area contributed by atoms with E-state index in [1.54, 1.807) is 0 Å². The van der Waals surface area contributed by atoms with Crippen LogP contribution in [0.4, 0.5) is 5.69 Å². The Morgan fingerprint density at radius 3 is 1.83 bits per heavy atom. The molecule has 8 heteroatoms. The fourth-order valence-corrected chi connectivity index (χ4v) is 13.5. The Labute approximate surface area is 297 Å². The van der Waals surface area contributed by atoms with Crippen molar-refractivity contribution in [3.63, 3.8) is 0 Å². The number of unbranched alkanes of at least 4 members (excludes halogenated alkanes) is 9. The van der Waals surface area contributed by atoms with Gasteiger partial charge >= 0.3 is 0 Å². The first-order valence-electron chi connectivity index (χ1n) is 17.1. The summed E-state index contributed by atoms with van der Waals surface area (Å²) in [5, 5.41) is 11.1. The van der Waals surface area contributed by atoms with Crippen LogP contribution in [0.2, 0.25) is 0 Å². The maximum atomic E-state index is 6.61. The van der Waals surface area contributed by atoms with Crippen molar-refractivity contribution in [1.82, 2.24) is 0 Å². The molecule has 0 fully saturated rings. The zero-order valence-electron chi connectivity index (χ0n) is 26.9. The molecule has 0 bridgehead atoms. The van der Waals surface area contributed by atoms with Gasteiger partial charge in [0.25, 0.3) is 0 Å². The standard InChI is InChI=1S/C38H44N2S6/c1-3-5-7-9-11-13-15-40-25-17-32(42-23-25)34-21-36-38(46-34)27-18-26-29(19-30(27)44-36)43-35-20-33(45-37(26)35)31-16-24(22-41-31)28(39)14-12-10-8-6-4-2/h16-23,28,40H,3-15,39H2,1-2H3. The molecule has 0 aliphatic carbocycles. The van der Waals surface area contributed by atoms with Crippen molar-refractivity contribution in [2.75, 3.05) is 11.9 Å². The number of fused-ring (bicyclic) bond motifs is 6. The Hall–Kier alpha value is -1.78. The summed E-state index contributed by atoms with van der Waals surface area (Å²) in [6, 6.07) is 14.6. The SMILES string of the molecule is CCCCCCCCNc1csc(-c2cc3sc4cc5sc6cc(-c7cc(C(N)CCCCCCC)cs7)sc6c5cc4c3s2)c1. The summed E-state index contributed by atoms with van der Waals surface area (Å²) in [5.74, 6) is 0. The minimum atomic E-state index is 0.153. The molecule has 0 amide bonds. The molecule has 6 heterocycles. The smallest absolute Gasteiger partial charge is 0.0536 e.